The highest BCUT2D eigenvalue weighted by Crippen LogP contribution is 2.12. The fourth-order valence-corrected chi connectivity index (χ4v) is 0.865. The van der Waals surface area contributed by atoms with Crippen LogP contribution in [-0.2, 0) is 0 Å². The topological polar surface area (TPSA) is 0 Å². The van der Waals surface area contributed by atoms with Crippen molar-refractivity contribution in [3.05, 3.63) is 35.5 Å². The van der Waals surface area contributed by atoms with Crippen LogP contribution in [0.5, 0.6) is 0 Å². The Morgan fingerprint density at radius 1 is 1.56 bits per heavy atom. The van der Waals surface area contributed by atoms with E-state index >= 15 is 0 Å². The quantitative estimate of drug-likeness (QED) is 0.497. The van der Waals surface area contributed by atoms with Crippen LogP contribution in [0.2, 0.25) is 0 Å². The summed E-state index contributed by atoms with van der Waals surface area (Å²) in [6.45, 7) is 4.20. The number of rotatable bonds is 1. The predicted molar refractivity (Wildman–Crippen MR) is 39.9 cm³/mol. The molecule has 0 aromatic carbocycles. The molecule has 0 fully saturated rings. The van der Waals surface area contributed by atoms with Crippen molar-refractivity contribution >= 4 is 0 Å². The summed E-state index contributed by atoms with van der Waals surface area (Å²) in [6.07, 6.45) is 10.7. The second kappa shape index (κ2) is 2.67. The Hall–Kier alpha value is -0.780. The SMILES string of the molecule is CCC=C1[C]=C(C)C=C1. The van der Waals surface area contributed by atoms with Gasteiger partial charge in [0.15, 0.2) is 0 Å². The van der Waals surface area contributed by atoms with Gasteiger partial charge >= 0.3 is 0 Å². The van der Waals surface area contributed by atoms with E-state index in [1.165, 1.54) is 11.1 Å². The van der Waals surface area contributed by atoms with E-state index in [9.17, 15) is 0 Å². The van der Waals surface area contributed by atoms with Crippen LogP contribution in [0.3, 0.4) is 0 Å². The van der Waals surface area contributed by atoms with Gasteiger partial charge in [-0.15, -0.1) is 0 Å². The normalized spacial score (nSPS) is 21.1. The van der Waals surface area contributed by atoms with Gasteiger partial charge in [-0.2, -0.15) is 0 Å². The maximum atomic E-state index is 3.22. The lowest BCUT2D eigenvalue weighted by atomic mass is 10.2. The van der Waals surface area contributed by atoms with E-state index < -0.39 is 0 Å². The third-order valence-electron chi connectivity index (χ3n) is 1.28. The molecule has 0 bridgehead atoms. The van der Waals surface area contributed by atoms with E-state index in [4.69, 9.17) is 0 Å². The first-order valence-electron chi connectivity index (χ1n) is 3.31. The maximum absolute atomic E-state index is 3.22. The Bertz CT molecular complexity index is 180. The van der Waals surface area contributed by atoms with Gasteiger partial charge in [0, 0.05) is 0 Å². The summed E-state index contributed by atoms with van der Waals surface area (Å²) in [5.41, 5.74) is 2.46. The second-order valence-corrected chi connectivity index (χ2v) is 2.21. The van der Waals surface area contributed by atoms with E-state index in [1.54, 1.807) is 0 Å². The first-order valence-corrected chi connectivity index (χ1v) is 3.31. The molecule has 9 heavy (non-hydrogen) atoms. The first kappa shape index (κ1) is 6.34. The molecule has 1 radical (unpaired) electrons. The van der Waals surface area contributed by atoms with Gasteiger partial charge in [-0.05, 0) is 30.6 Å². The third-order valence-corrected chi connectivity index (χ3v) is 1.28. The largest absolute Gasteiger partial charge is 0.0769 e. The van der Waals surface area contributed by atoms with Crippen LogP contribution >= 0.6 is 0 Å². The van der Waals surface area contributed by atoms with Crippen LogP contribution < -0.4 is 0 Å². The van der Waals surface area contributed by atoms with Gasteiger partial charge in [0.05, 0.1) is 0 Å². The molecule has 0 amide bonds. The lowest BCUT2D eigenvalue weighted by molar-refractivity contribution is 1.21. The van der Waals surface area contributed by atoms with Gasteiger partial charge in [-0.25, -0.2) is 0 Å². The monoisotopic (exact) mass is 119 g/mol. The average Bonchev–Trinajstić information content (AvgIpc) is 2.17. The summed E-state index contributed by atoms with van der Waals surface area (Å²) in [4.78, 5) is 0. The molecule has 0 spiro atoms. The van der Waals surface area contributed by atoms with E-state index in [2.05, 4.69) is 38.2 Å². The minimum Gasteiger partial charge on any atom is -0.0769 e. The van der Waals surface area contributed by atoms with Crippen molar-refractivity contribution in [1.82, 2.24) is 0 Å². The molecule has 0 nitrogen and oxygen atoms in total. The number of hydrogen-bond acceptors (Lipinski definition) is 0. The molecule has 0 aromatic rings. The fraction of sp³-hybridized carbons (Fsp3) is 0.333. The van der Waals surface area contributed by atoms with Gasteiger partial charge in [-0.3, -0.25) is 0 Å². The molecule has 0 unspecified atom stereocenters. The van der Waals surface area contributed by atoms with Crippen LogP contribution in [0, 0.1) is 6.08 Å². The van der Waals surface area contributed by atoms with Gasteiger partial charge in [0.1, 0.15) is 0 Å². The van der Waals surface area contributed by atoms with Gasteiger partial charge in [-0.1, -0.05) is 25.2 Å². The average molecular weight is 119 g/mol. The summed E-state index contributed by atoms with van der Waals surface area (Å²) >= 11 is 0. The van der Waals surface area contributed by atoms with Crippen LogP contribution in [0.1, 0.15) is 20.3 Å². The molecule has 1 aliphatic carbocycles. The van der Waals surface area contributed by atoms with Crippen LogP contribution in [-0.4, -0.2) is 0 Å². The summed E-state index contributed by atoms with van der Waals surface area (Å²) in [5, 5.41) is 0. The summed E-state index contributed by atoms with van der Waals surface area (Å²) in [5.74, 6) is 0. The second-order valence-electron chi connectivity index (χ2n) is 2.21. The van der Waals surface area contributed by atoms with E-state index in [0.717, 1.165) is 6.42 Å². The Labute approximate surface area is 56.6 Å². The summed E-state index contributed by atoms with van der Waals surface area (Å²) in [7, 11) is 0. The molecule has 0 heteroatoms. The van der Waals surface area contributed by atoms with Crippen molar-refractivity contribution in [1.29, 1.82) is 0 Å². The summed E-state index contributed by atoms with van der Waals surface area (Å²) < 4.78 is 0. The molecule has 0 heterocycles. The molecular formula is C9H11. The minimum atomic E-state index is 1.10. The van der Waals surface area contributed by atoms with E-state index in [1.807, 2.05) is 0 Å². The zero-order chi connectivity index (χ0) is 6.69. The molecule has 0 saturated heterocycles. The van der Waals surface area contributed by atoms with E-state index in [-0.39, 0.29) is 0 Å². The fourth-order valence-electron chi connectivity index (χ4n) is 0.865. The lowest BCUT2D eigenvalue weighted by Crippen LogP contribution is -1.65. The molecule has 1 aliphatic rings. The van der Waals surface area contributed by atoms with Crippen molar-refractivity contribution in [3.63, 3.8) is 0 Å². The number of hydrogen-bond donors (Lipinski definition) is 0. The van der Waals surface area contributed by atoms with Gasteiger partial charge in [0.2, 0.25) is 0 Å². The molecule has 0 saturated carbocycles. The maximum Gasteiger partial charge on any atom is -0.00768 e. The molecule has 0 aliphatic heterocycles. The van der Waals surface area contributed by atoms with Gasteiger partial charge in [0.25, 0.3) is 0 Å². The Morgan fingerprint density at radius 3 is 2.78 bits per heavy atom. The van der Waals surface area contributed by atoms with Crippen LogP contribution in [0.15, 0.2) is 29.4 Å². The van der Waals surface area contributed by atoms with Crippen molar-refractivity contribution in [2.75, 3.05) is 0 Å². The summed E-state index contributed by atoms with van der Waals surface area (Å²) in [6, 6.07) is 0. The first-order chi connectivity index (χ1) is 4.33. The Balaban J connectivity index is 2.69. The van der Waals surface area contributed by atoms with Crippen molar-refractivity contribution < 1.29 is 0 Å². The highest BCUT2D eigenvalue weighted by Gasteiger charge is 1.94. The molecule has 1 rings (SSSR count). The molecular weight excluding hydrogens is 108 g/mol. The Kier molecular flexibility index (Phi) is 1.88. The van der Waals surface area contributed by atoms with Crippen molar-refractivity contribution in [2.24, 2.45) is 0 Å². The van der Waals surface area contributed by atoms with Crippen LogP contribution in [0.25, 0.3) is 0 Å². The highest BCUT2D eigenvalue weighted by molar-refractivity contribution is 5.40. The van der Waals surface area contributed by atoms with E-state index in [0.29, 0.717) is 0 Å². The molecule has 47 valence electrons. The standard InChI is InChI=1S/C9H11/c1-3-4-9-6-5-8(2)7-9/h4-6H,3H2,1-2H3. The van der Waals surface area contributed by atoms with Gasteiger partial charge < -0.3 is 0 Å². The minimum absolute atomic E-state index is 1.10. The lowest BCUT2D eigenvalue weighted by Gasteiger charge is -1.83. The molecule has 0 aromatic heterocycles. The van der Waals surface area contributed by atoms with Crippen molar-refractivity contribution in [2.45, 2.75) is 20.3 Å². The zero-order valence-corrected chi connectivity index (χ0v) is 5.94. The van der Waals surface area contributed by atoms with Crippen LogP contribution in [0.4, 0.5) is 0 Å². The molecule has 0 atom stereocenters. The van der Waals surface area contributed by atoms with Crippen molar-refractivity contribution in [3.8, 4) is 0 Å². The predicted octanol–water partition coefficient (Wildman–Crippen LogP) is 2.64. The molecule has 0 N–H and O–H groups in total. The smallest absolute Gasteiger partial charge is 0.00768 e. The number of allylic oxidation sites excluding steroid dienone is 6. The zero-order valence-electron chi connectivity index (χ0n) is 5.94. The highest BCUT2D eigenvalue weighted by atomic mass is 14.0. The third kappa shape index (κ3) is 1.56. The Morgan fingerprint density at radius 2 is 2.33 bits per heavy atom.